The quantitative estimate of drug-likeness (QED) is 0.719. The van der Waals surface area contributed by atoms with E-state index in [-0.39, 0.29) is 5.76 Å². The highest BCUT2D eigenvalue weighted by Crippen LogP contribution is 2.33. The van der Waals surface area contributed by atoms with E-state index in [0.29, 0.717) is 11.4 Å². The Kier molecular flexibility index (Phi) is 3.75. The molecule has 0 spiro atoms. The molecule has 3 aromatic rings. The summed E-state index contributed by atoms with van der Waals surface area (Å²) >= 11 is 3.56. The third-order valence-electron chi connectivity index (χ3n) is 4.30. The first kappa shape index (κ1) is 15.2. The van der Waals surface area contributed by atoms with Gasteiger partial charge < -0.3 is 14.6 Å². The van der Waals surface area contributed by atoms with Crippen LogP contribution in [0, 0.1) is 11.3 Å². The van der Waals surface area contributed by atoms with Crippen LogP contribution in [-0.4, -0.2) is 23.5 Å². The molecule has 5 nitrogen and oxygen atoms in total. The number of nitrogens with one attached hydrogen (secondary N) is 1. The number of pyridine rings is 1. The van der Waals surface area contributed by atoms with Crippen LogP contribution in [0.4, 0.5) is 11.5 Å². The number of hydrogen-bond donors (Lipinski definition) is 1. The predicted octanol–water partition coefficient (Wildman–Crippen LogP) is 4.19. The van der Waals surface area contributed by atoms with E-state index in [1.54, 1.807) is 12.3 Å². The van der Waals surface area contributed by atoms with Gasteiger partial charge in [0.05, 0.1) is 10.7 Å². The van der Waals surface area contributed by atoms with E-state index >= 15 is 0 Å². The van der Waals surface area contributed by atoms with Crippen molar-refractivity contribution in [2.75, 3.05) is 18.9 Å². The lowest BCUT2D eigenvalue weighted by Gasteiger charge is -2.25. The summed E-state index contributed by atoms with van der Waals surface area (Å²) in [6.45, 7) is 2.07. The fourth-order valence-corrected chi connectivity index (χ4v) is 3.55. The Morgan fingerprint density at radius 1 is 1.33 bits per heavy atom. The van der Waals surface area contributed by atoms with Crippen molar-refractivity contribution in [3.63, 3.8) is 0 Å². The normalized spacial score (nSPS) is 14.4. The first-order valence-corrected chi connectivity index (χ1v) is 8.49. The molecule has 1 aliphatic rings. The summed E-state index contributed by atoms with van der Waals surface area (Å²) in [5.74, 6) is 0.985. The summed E-state index contributed by atoms with van der Waals surface area (Å²) in [7, 11) is 2.14. The van der Waals surface area contributed by atoms with Crippen LogP contribution in [0.3, 0.4) is 0 Å². The lowest BCUT2D eigenvalue weighted by molar-refractivity contribution is 0.313. The minimum absolute atomic E-state index is 0.279. The van der Waals surface area contributed by atoms with Gasteiger partial charge in [0.15, 0.2) is 5.58 Å². The van der Waals surface area contributed by atoms with Gasteiger partial charge in [-0.15, -0.1) is 0 Å². The fourth-order valence-electron chi connectivity index (χ4n) is 3.03. The summed E-state index contributed by atoms with van der Waals surface area (Å²) in [4.78, 5) is 6.73. The van der Waals surface area contributed by atoms with Crippen LogP contribution in [0.5, 0.6) is 0 Å². The molecular weight excluding hydrogens is 368 g/mol. The van der Waals surface area contributed by atoms with Crippen molar-refractivity contribution in [2.45, 2.75) is 13.0 Å². The number of anilines is 2. The maximum Gasteiger partial charge on any atom is 0.204 e. The van der Waals surface area contributed by atoms with Gasteiger partial charge in [0.1, 0.15) is 11.9 Å². The van der Waals surface area contributed by atoms with Gasteiger partial charge >= 0.3 is 0 Å². The van der Waals surface area contributed by atoms with Crippen molar-refractivity contribution in [2.24, 2.45) is 0 Å². The van der Waals surface area contributed by atoms with Gasteiger partial charge in [-0.3, -0.25) is 0 Å². The zero-order valence-corrected chi connectivity index (χ0v) is 14.7. The largest absolute Gasteiger partial charge is 0.444 e. The lowest BCUT2D eigenvalue weighted by atomic mass is 9.99. The van der Waals surface area contributed by atoms with Crippen LogP contribution in [0.25, 0.3) is 11.0 Å². The molecule has 0 saturated heterocycles. The number of nitrogens with zero attached hydrogens (tertiary/aromatic N) is 3. The van der Waals surface area contributed by atoms with E-state index in [0.717, 1.165) is 35.1 Å². The van der Waals surface area contributed by atoms with Crippen molar-refractivity contribution in [3.05, 3.63) is 51.8 Å². The average molecular weight is 383 g/mol. The molecule has 0 aliphatic carbocycles. The summed E-state index contributed by atoms with van der Waals surface area (Å²) < 4.78 is 6.19. The molecule has 1 aromatic carbocycles. The zero-order chi connectivity index (χ0) is 16.7. The van der Waals surface area contributed by atoms with Crippen LogP contribution in [0.15, 0.2) is 39.4 Å². The summed E-state index contributed by atoms with van der Waals surface area (Å²) in [6.07, 6.45) is 2.72. The molecule has 4 rings (SSSR count). The fraction of sp³-hybridized carbons (Fsp3) is 0.222. The average Bonchev–Trinajstić information content (AvgIpc) is 3.01. The number of nitriles is 1. The molecule has 3 heterocycles. The third-order valence-corrected chi connectivity index (χ3v) is 5.10. The van der Waals surface area contributed by atoms with Crippen molar-refractivity contribution >= 4 is 38.4 Å². The first-order chi connectivity index (χ1) is 11.6. The second-order valence-electron chi connectivity index (χ2n) is 6.02. The Morgan fingerprint density at radius 2 is 2.21 bits per heavy atom. The number of halogens is 1. The van der Waals surface area contributed by atoms with Crippen LogP contribution < -0.4 is 5.32 Å². The van der Waals surface area contributed by atoms with Crippen LogP contribution in [0.1, 0.15) is 16.9 Å². The van der Waals surface area contributed by atoms with Gasteiger partial charge in [-0.05, 0) is 52.7 Å². The molecule has 24 heavy (non-hydrogen) atoms. The zero-order valence-electron chi connectivity index (χ0n) is 13.1. The Labute approximate surface area is 148 Å². The van der Waals surface area contributed by atoms with Crippen molar-refractivity contribution in [1.29, 1.82) is 5.26 Å². The van der Waals surface area contributed by atoms with E-state index in [1.165, 1.54) is 11.1 Å². The van der Waals surface area contributed by atoms with Gasteiger partial charge in [0, 0.05) is 30.2 Å². The van der Waals surface area contributed by atoms with Crippen molar-refractivity contribution in [3.8, 4) is 6.07 Å². The molecule has 0 amide bonds. The predicted molar refractivity (Wildman–Crippen MR) is 96.2 cm³/mol. The van der Waals surface area contributed by atoms with Crippen LogP contribution >= 0.6 is 15.9 Å². The third kappa shape index (κ3) is 2.66. The Balaban J connectivity index is 1.68. The molecule has 2 aromatic heterocycles. The standard InChI is InChI=1S/C18H15BrN4O/c1-23-5-4-11-2-3-13(6-12(11)10-23)22-18-17(19)15-7-14(8-20)24-16(15)9-21-18/h2-3,6-7,9H,4-5,10H2,1H3,(H,21,22). The highest BCUT2D eigenvalue weighted by atomic mass is 79.9. The van der Waals surface area contributed by atoms with Gasteiger partial charge in [-0.25, -0.2) is 4.98 Å². The highest BCUT2D eigenvalue weighted by molar-refractivity contribution is 9.10. The highest BCUT2D eigenvalue weighted by Gasteiger charge is 2.15. The van der Waals surface area contributed by atoms with Crippen molar-refractivity contribution in [1.82, 2.24) is 9.88 Å². The van der Waals surface area contributed by atoms with Gasteiger partial charge in [0.2, 0.25) is 5.76 Å². The molecule has 0 atom stereocenters. The Bertz CT molecular complexity index is 973. The number of hydrogen-bond acceptors (Lipinski definition) is 5. The maximum absolute atomic E-state index is 8.97. The summed E-state index contributed by atoms with van der Waals surface area (Å²) in [5.41, 5.74) is 4.35. The molecular formula is C18H15BrN4O. The summed E-state index contributed by atoms with van der Waals surface area (Å²) in [5, 5.41) is 13.2. The SMILES string of the molecule is CN1CCc2ccc(Nc3ncc4oc(C#N)cc4c3Br)cc2C1. The Morgan fingerprint density at radius 3 is 3.04 bits per heavy atom. The number of furan rings is 1. The number of likely N-dealkylation sites (N-methyl/N-ethyl adjacent to an activating group) is 1. The molecule has 6 heteroatoms. The minimum Gasteiger partial charge on any atom is -0.444 e. The van der Waals surface area contributed by atoms with Gasteiger partial charge in [0.25, 0.3) is 0 Å². The molecule has 120 valence electrons. The lowest BCUT2D eigenvalue weighted by Crippen LogP contribution is -2.26. The van der Waals surface area contributed by atoms with E-state index in [2.05, 4.69) is 56.4 Å². The van der Waals surface area contributed by atoms with E-state index < -0.39 is 0 Å². The topological polar surface area (TPSA) is 65.1 Å². The molecule has 0 fully saturated rings. The second-order valence-corrected chi connectivity index (χ2v) is 6.81. The Hall–Kier alpha value is -2.36. The smallest absolute Gasteiger partial charge is 0.204 e. The number of fused-ring (bicyclic) bond motifs is 2. The molecule has 1 aliphatic heterocycles. The number of aromatic nitrogens is 1. The van der Waals surface area contributed by atoms with Gasteiger partial charge in [-0.2, -0.15) is 5.26 Å². The van der Waals surface area contributed by atoms with E-state index in [1.807, 2.05) is 6.07 Å². The van der Waals surface area contributed by atoms with Gasteiger partial charge in [-0.1, -0.05) is 6.07 Å². The molecule has 0 saturated carbocycles. The molecule has 0 unspecified atom stereocenters. The van der Waals surface area contributed by atoms with Crippen LogP contribution in [-0.2, 0) is 13.0 Å². The molecule has 1 N–H and O–H groups in total. The summed E-state index contributed by atoms with van der Waals surface area (Å²) in [6, 6.07) is 10.2. The van der Waals surface area contributed by atoms with Crippen LogP contribution in [0.2, 0.25) is 0 Å². The first-order valence-electron chi connectivity index (χ1n) is 7.69. The molecule has 0 radical (unpaired) electrons. The maximum atomic E-state index is 8.97. The monoisotopic (exact) mass is 382 g/mol. The van der Waals surface area contributed by atoms with Crippen molar-refractivity contribution < 1.29 is 4.42 Å². The minimum atomic E-state index is 0.279. The molecule has 0 bridgehead atoms. The number of rotatable bonds is 2. The van der Waals surface area contributed by atoms with E-state index in [4.69, 9.17) is 9.68 Å². The second kappa shape index (κ2) is 5.93. The number of benzene rings is 1. The van der Waals surface area contributed by atoms with E-state index in [9.17, 15) is 0 Å².